The zero-order chi connectivity index (χ0) is 21.2. The molecule has 6 nitrogen and oxygen atoms in total. The van der Waals surface area contributed by atoms with E-state index in [1.165, 1.54) is 28.2 Å². The van der Waals surface area contributed by atoms with Crippen molar-refractivity contribution in [3.05, 3.63) is 41.6 Å². The lowest BCUT2D eigenvalue weighted by atomic mass is 10.1. The summed E-state index contributed by atoms with van der Waals surface area (Å²) in [5.74, 6) is -0.245. The van der Waals surface area contributed by atoms with E-state index in [9.17, 15) is 26.7 Å². The Morgan fingerprint density at radius 2 is 1.90 bits per heavy atom. The second-order valence-corrected chi connectivity index (χ2v) is 6.92. The van der Waals surface area contributed by atoms with E-state index in [1.54, 1.807) is 4.90 Å². The van der Waals surface area contributed by atoms with Crippen molar-refractivity contribution in [2.45, 2.75) is 25.1 Å². The average molecular weight is 438 g/mol. The third-order valence-corrected chi connectivity index (χ3v) is 4.94. The molecule has 29 heavy (non-hydrogen) atoms. The zero-order valence-corrected chi connectivity index (χ0v) is 15.7. The predicted molar refractivity (Wildman–Crippen MR) is 94.9 cm³/mol. The second kappa shape index (κ2) is 8.52. The summed E-state index contributed by atoms with van der Waals surface area (Å²) in [6, 6.07) is -0.506. The van der Waals surface area contributed by atoms with E-state index in [1.807, 2.05) is 0 Å². The van der Waals surface area contributed by atoms with Gasteiger partial charge in [-0.3, -0.25) is 4.79 Å². The van der Waals surface area contributed by atoms with E-state index >= 15 is 0 Å². The lowest BCUT2D eigenvalue weighted by molar-refractivity contribution is -0.138. The van der Waals surface area contributed by atoms with Gasteiger partial charge in [-0.15, -0.1) is 0 Å². The van der Waals surface area contributed by atoms with Crippen LogP contribution in [0, 0.1) is 0 Å². The van der Waals surface area contributed by atoms with Crippen LogP contribution in [-0.2, 0) is 11.0 Å². The molecule has 3 heterocycles. The molecule has 1 aliphatic rings. The largest absolute Gasteiger partial charge is 0.417 e. The van der Waals surface area contributed by atoms with Crippen molar-refractivity contribution in [3.8, 4) is 0 Å². The first kappa shape index (κ1) is 21.3. The first-order valence-corrected chi connectivity index (χ1v) is 9.05. The third-order valence-electron chi connectivity index (χ3n) is 4.66. The minimum Gasteiger partial charge on any atom is -0.352 e. The molecule has 0 spiro atoms. The number of hydrogen-bond acceptors (Lipinski definition) is 4. The topological polar surface area (TPSA) is 54.3 Å². The second-order valence-electron chi connectivity index (χ2n) is 6.51. The number of imidazole rings is 1. The summed E-state index contributed by atoms with van der Waals surface area (Å²) in [5, 5.41) is -0.141. The zero-order valence-electron chi connectivity index (χ0n) is 15.0. The van der Waals surface area contributed by atoms with Crippen LogP contribution in [0.25, 0.3) is 0 Å². The molecule has 2 aromatic rings. The number of aromatic nitrogens is 3. The van der Waals surface area contributed by atoms with Crippen molar-refractivity contribution in [2.24, 2.45) is 0 Å². The van der Waals surface area contributed by atoms with Crippen LogP contribution in [0.2, 0.25) is 5.02 Å². The summed E-state index contributed by atoms with van der Waals surface area (Å²) in [6.45, 7) is 0.984. The fourth-order valence-electron chi connectivity index (χ4n) is 3.08. The number of carbonyl (C=O) groups is 1. The third kappa shape index (κ3) is 4.95. The highest BCUT2D eigenvalue weighted by Gasteiger charge is 2.33. The average Bonchev–Trinajstić information content (AvgIpc) is 3.19. The van der Waals surface area contributed by atoms with Crippen LogP contribution < -0.4 is 4.90 Å². The van der Waals surface area contributed by atoms with Gasteiger partial charge in [0, 0.05) is 44.8 Å². The monoisotopic (exact) mass is 437 g/mol. The van der Waals surface area contributed by atoms with Crippen LogP contribution in [0.1, 0.15) is 18.0 Å². The van der Waals surface area contributed by atoms with Crippen LogP contribution in [-0.4, -0.2) is 57.9 Å². The van der Waals surface area contributed by atoms with Crippen molar-refractivity contribution >= 4 is 23.3 Å². The number of halogens is 6. The summed E-state index contributed by atoms with van der Waals surface area (Å²) >= 11 is 5.95. The number of anilines is 1. The van der Waals surface area contributed by atoms with Gasteiger partial charge < -0.3 is 14.4 Å². The number of rotatable bonds is 5. The highest BCUT2D eigenvalue weighted by molar-refractivity contribution is 6.33. The van der Waals surface area contributed by atoms with Crippen molar-refractivity contribution in [1.82, 2.24) is 19.4 Å². The van der Waals surface area contributed by atoms with Crippen LogP contribution in [0.3, 0.4) is 0 Å². The molecule has 2 aromatic heterocycles. The van der Waals surface area contributed by atoms with Gasteiger partial charge in [0.25, 0.3) is 6.43 Å². The number of amides is 1. The Hall–Kier alpha value is -2.43. The van der Waals surface area contributed by atoms with Gasteiger partial charge in [0.1, 0.15) is 11.9 Å². The standard InChI is InChI=1S/C17H17ClF5N5O/c18-12-7-11(17(21,22)23)9-25-16(12)27-5-3-26(4-6-27)14(29)8-13(15(19)20)28-2-1-24-10-28/h1-2,7,9-10,13,15H,3-6,8H2. The van der Waals surface area contributed by atoms with Crippen LogP contribution >= 0.6 is 11.6 Å². The summed E-state index contributed by atoms with van der Waals surface area (Å²) in [5.41, 5.74) is -0.947. The molecule has 0 aromatic carbocycles. The highest BCUT2D eigenvalue weighted by atomic mass is 35.5. The molecule has 0 bridgehead atoms. The number of hydrogen-bond donors (Lipinski definition) is 0. The molecule has 1 fully saturated rings. The summed E-state index contributed by atoms with van der Waals surface area (Å²) in [6.07, 6.45) is -2.98. The fraction of sp³-hybridized carbons (Fsp3) is 0.471. The predicted octanol–water partition coefficient (Wildman–Crippen LogP) is 3.50. The van der Waals surface area contributed by atoms with E-state index in [0.717, 1.165) is 6.07 Å². The van der Waals surface area contributed by atoms with E-state index in [0.29, 0.717) is 6.20 Å². The fourth-order valence-corrected chi connectivity index (χ4v) is 3.37. The molecule has 3 rings (SSSR count). The molecule has 0 radical (unpaired) electrons. The molecule has 1 aliphatic heterocycles. The van der Waals surface area contributed by atoms with Gasteiger partial charge in [-0.25, -0.2) is 18.7 Å². The molecule has 0 saturated carbocycles. The van der Waals surface area contributed by atoms with E-state index in [4.69, 9.17) is 11.6 Å². The molecule has 12 heteroatoms. The van der Waals surface area contributed by atoms with E-state index < -0.39 is 30.1 Å². The Kier molecular flexibility index (Phi) is 6.25. The first-order valence-electron chi connectivity index (χ1n) is 8.68. The molecule has 1 atom stereocenters. The van der Waals surface area contributed by atoms with Crippen LogP contribution in [0.5, 0.6) is 0 Å². The van der Waals surface area contributed by atoms with Crippen molar-refractivity contribution in [2.75, 3.05) is 31.1 Å². The van der Waals surface area contributed by atoms with E-state index in [-0.39, 0.29) is 43.4 Å². The van der Waals surface area contributed by atoms with Gasteiger partial charge in [0.2, 0.25) is 5.91 Å². The van der Waals surface area contributed by atoms with Gasteiger partial charge in [0.05, 0.1) is 23.3 Å². The highest BCUT2D eigenvalue weighted by Crippen LogP contribution is 2.33. The smallest absolute Gasteiger partial charge is 0.352 e. The van der Waals surface area contributed by atoms with Crippen molar-refractivity contribution in [1.29, 1.82) is 0 Å². The van der Waals surface area contributed by atoms with Crippen LogP contribution in [0.15, 0.2) is 31.0 Å². The van der Waals surface area contributed by atoms with Gasteiger partial charge >= 0.3 is 6.18 Å². The van der Waals surface area contributed by atoms with Gasteiger partial charge in [0.15, 0.2) is 0 Å². The van der Waals surface area contributed by atoms with Gasteiger partial charge in [-0.05, 0) is 6.07 Å². The van der Waals surface area contributed by atoms with Crippen LogP contribution in [0.4, 0.5) is 27.8 Å². The molecule has 158 valence electrons. The Morgan fingerprint density at radius 1 is 1.21 bits per heavy atom. The number of pyridine rings is 1. The summed E-state index contributed by atoms with van der Waals surface area (Å²) in [4.78, 5) is 23.1. The number of nitrogens with zero attached hydrogens (tertiary/aromatic N) is 5. The molecule has 1 unspecified atom stereocenters. The van der Waals surface area contributed by atoms with Gasteiger partial charge in [-0.2, -0.15) is 13.2 Å². The molecule has 0 N–H and O–H groups in total. The van der Waals surface area contributed by atoms with E-state index in [2.05, 4.69) is 9.97 Å². The quantitative estimate of drug-likeness (QED) is 0.672. The Labute approximate surface area is 167 Å². The molecular formula is C17H17ClF5N5O. The van der Waals surface area contributed by atoms with Crippen molar-refractivity contribution < 1.29 is 26.7 Å². The normalized spacial score (nSPS) is 16.4. The minimum absolute atomic E-state index is 0.141. The Balaban J connectivity index is 1.61. The molecule has 1 saturated heterocycles. The maximum Gasteiger partial charge on any atom is 0.417 e. The Morgan fingerprint density at radius 3 is 2.41 bits per heavy atom. The van der Waals surface area contributed by atoms with Crippen molar-refractivity contribution in [3.63, 3.8) is 0 Å². The summed E-state index contributed by atoms with van der Waals surface area (Å²) in [7, 11) is 0. The maximum atomic E-state index is 13.3. The summed E-state index contributed by atoms with van der Waals surface area (Å²) < 4.78 is 66.0. The maximum absolute atomic E-state index is 13.3. The SMILES string of the molecule is O=C(CC(C(F)F)n1ccnc1)N1CCN(c2ncc(C(F)(F)F)cc2Cl)CC1. The number of carbonyl (C=O) groups excluding carboxylic acids is 1. The molecule has 1 amide bonds. The lowest BCUT2D eigenvalue weighted by Crippen LogP contribution is -2.49. The first-order chi connectivity index (χ1) is 13.7. The molecular weight excluding hydrogens is 421 g/mol. The Bertz CT molecular complexity index is 837. The number of alkyl halides is 5. The minimum atomic E-state index is -4.54. The van der Waals surface area contributed by atoms with Gasteiger partial charge in [-0.1, -0.05) is 11.6 Å². The lowest BCUT2D eigenvalue weighted by Gasteiger charge is -2.36. The molecule has 0 aliphatic carbocycles. The number of piperazine rings is 1.